The Kier molecular flexibility index (Phi) is 4.86. The second-order valence-corrected chi connectivity index (χ2v) is 6.66. The van der Waals surface area contributed by atoms with E-state index in [4.69, 9.17) is 0 Å². The third-order valence-corrected chi connectivity index (χ3v) is 4.68. The zero-order valence-corrected chi connectivity index (χ0v) is 12.6. The SMILES string of the molecule is CC1CCC(C(O)Cc2ccc(I)cc2)CC1. The Morgan fingerprint density at radius 3 is 2.35 bits per heavy atom. The summed E-state index contributed by atoms with van der Waals surface area (Å²) >= 11 is 2.31. The molecule has 0 aromatic heterocycles. The van der Waals surface area contributed by atoms with Crippen molar-refractivity contribution < 1.29 is 5.11 Å². The van der Waals surface area contributed by atoms with Gasteiger partial charge in [-0.3, -0.25) is 0 Å². The zero-order valence-electron chi connectivity index (χ0n) is 10.4. The highest BCUT2D eigenvalue weighted by Gasteiger charge is 2.24. The molecule has 2 heteroatoms. The van der Waals surface area contributed by atoms with E-state index >= 15 is 0 Å². The Hall–Kier alpha value is -0.0900. The number of benzene rings is 1. The molecule has 1 aromatic rings. The van der Waals surface area contributed by atoms with Gasteiger partial charge in [-0.1, -0.05) is 31.9 Å². The van der Waals surface area contributed by atoms with Gasteiger partial charge in [0, 0.05) is 3.57 Å². The molecule has 0 bridgehead atoms. The second-order valence-electron chi connectivity index (χ2n) is 5.42. The maximum Gasteiger partial charge on any atom is 0.0608 e. The zero-order chi connectivity index (χ0) is 12.3. The van der Waals surface area contributed by atoms with Gasteiger partial charge < -0.3 is 5.11 Å². The third-order valence-electron chi connectivity index (χ3n) is 3.96. The Labute approximate surface area is 118 Å². The topological polar surface area (TPSA) is 20.2 Å². The van der Waals surface area contributed by atoms with Gasteiger partial charge in [-0.15, -0.1) is 0 Å². The summed E-state index contributed by atoms with van der Waals surface area (Å²) in [5.41, 5.74) is 1.26. The van der Waals surface area contributed by atoms with Crippen molar-refractivity contribution in [1.82, 2.24) is 0 Å². The number of hydrogen-bond acceptors (Lipinski definition) is 1. The van der Waals surface area contributed by atoms with Crippen LogP contribution in [0, 0.1) is 15.4 Å². The van der Waals surface area contributed by atoms with E-state index in [0.29, 0.717) is 5.92 Å². The maximum absolute atomic E-state index is 10.3. The molecule has 1 nitrogen and oxygen atoms in total. The van der Waals surface area contributed by atoms with E-state index in [0.717, 1.165) is 12.3 Å². The van der Waals surface area contributed by atoms with Crippen molar-refractivity contribution in [2.45, 2.75) is 45.1 Å². The van der Waals surface area contributed by atoms with Gasteiger partial charge in [0.05, 0.1) is 6.10 Å². The smallest absolute Gasteiger partial charge is 0.0608 e. The number of aliphatic hydroxyl groups excluding tert-OH is 1. The molecule has 1 N–H and O–H groups in total. The first-order valence-corrected chi connectivity index (χ1v) is 7.65. The van der Waals surface area contributed by atoms with Gasteiger partial charge in [-0.05, 0) is 71.4 Å². The molecule has 0 heterocycles. The van der Waals surface area contributed by atoms with Crippen LogP contribution >= 0.6 is 22.6 Å². The highest BCUT2D eigenvalue weighted by Crippen LogP contribution is 2.31. The summed E-state index contributed by atoms with van der Waals surface area (Å²) in [5.74, 6) is 1.38. The fraction of sp³-hybridized carbons (Fsp3) is 0.600. The molecule has 1 aromatic carbocycles. The van der Waals surface area contributed by atoms with E-state index in [2.05, 4.69) is 53.8 Å². The van der Waals surface area contributed by atoms with E-state index in [1.807, 2.05) is 0 Å². The monoisotopic (exact) mass is 344 g/mol. The van der Waals surface area contributed by atoms with Crippen molar-refractivity contribution in [2.24, 2.45) is 11.8 Å². The van der Waals surface area contributed by atoms with Crippen molar-refractivity contribution in [1.29, 1.82) is 0 Å². The average Bonchev–Trinajstić information content (AvgIpc) is 2.33. The van der Waals surface area contributed by atoms with Crippen molar-refractivity contribution >= 4 is 22.6 Å². The molecular weight excluding hydrogens is 323 g/mol. The van der Waals surface area contributed by atoms with Crippen LogP contribution in [0.25, 0.3) is 0 Å². The molecule has 0 saturated heterocycles. The van der Waals surface area contributed by atoms with E-state index in [1.54, 1.807) is 0 Å². The Morgan fingerprint density at radius 1 is 1.18 bits per heavy atom. The first kappa shape index (κ1) is 13.3. The van der Waals surface area contributed by atoms with Gasteiger partial charge in [-0.25, -0.2) is 0 Å². The van der Waals surface area contributed by atoms with Crippen LogP contribution in [0.15, 0.2) is 24.3 Å². The molecule has 1 aliphatic carbocycles. The van der Waals surface area contributed by atoms with Gasteiger partial charge in [0.1, 0.15) is 0 Å². The number of aliphatic hydroxyl groups is 1. The molecule has 0 amide bonds. The summed E-state index contributed by atoms with van der Waals surface area (Å²) in [5, 5.41) is 10.3. The van der Waals surface area contributed by atoms with Crippen LogP contribution < -0.4 is 0 Å². The van der Waals surface area contributed by atoms with Crippen LogP contribution in [0.2, 0.25) is 0 Å². The normalized spacial score (nSPS) is 26.8. The average molecular weight is 344 g/mol. The van der Waals surface area contributed by atoms with Crippen molar-refractivity contribution in [3.63, 3.8) is 0 Å². The summed E-state index contributed by atoms with van der Waals surface area (Å²) < 4.78 is 1.26. The molecule has 0 radical (unpaired) electrons. The molecule has 94 valence electrons. The Morgan fingerprint density at radius 2 is 1.76 bits per heavy atom. The van der Waals surface area contributed by atoms with Crippen LogP contribution in [0.3, 0.4) is 0 Å². The minimum Gasteiger partial charge on any atom is -0.392 e. The lowest BCUT2D eigenvalue weighted by Gasteiger charge is -2.29. The molecule has 1 saturated carbocycles. The lowest BCUT2D eigenvalue weighted by atomic mass is 9.79. The standard InChI is InChI=1S/C15H21IO/c1-11-2-6-13(7-3-11)15(17)10-12-4-8-14(16)9-5-12/h4-5,8-9,11,13,15,17H,2-3,6-7,10H2,1H3. The lowest BCUT2D eigenvalue weighted by molar-refractivity contribution is 0.0761. The second kappa shape index (κ2) is 6.19. The lowest BCUT2D eigenvalue weighted by Crippen LogP contribution is -2.26. The maximum atomic E-state index is 10.3. The molecule has 1 aliphatic rings. The largest absolute Gasteiger partial charge is 0.392 e. The van der Waals surface area contributed by atoms with Gasteiger partial charge >= 0.3 is 0 Å². The van der Waals surface area contributed by atoms with Crippen LogP contribution in [0.1, 0.15) is 38.2 Å². The van der Waals surface area contributed by atoms with E-state index in [1.165, 1.54) is 34.8 Å². The first-order valence-electron chi connectivity index (χ1n) is 6.57. The minimum absolute atomic E-state index is 0.150. The van der Waals surface area contributed by atoms with Crippen LogP contribution in [-0.4, -0.2) is 11.2 Å². The Bertz CT molecular complexity index is 338. The molecular formula is C15H21IO. The number of halogens is 1. The molecule has 1 atom stereocenters. The summed E-state index contributed by atoms with van der Waals surface area (Å²) in [6, 6.07) is 8.50. The van der Waals surface area contributed by atoms with Gasteiger partial charge in [0.15, 0.2) is 0 Å². The molecule has 0 spiro atoms. The summed E-state index contributed by atoms with van der Waals surface area (Å²) in [7, 11) is 0. The highest BCUT2D eigenvalue weighted by atomic mass is 127. The molecule has 1 unspecified atom stereocenters. The number of hydrogen-bond donors (Lipinski definition) is 1. The van der Waals surface area contributed by atoms with Crippen molar-refractivity contribution in [3.05, 3.63) is 33.4 Å². The fourth-order valence-electron chi connectivity index (χ4n) is 2.70. The van der Waals surface area contributed by atoms with E-state index < -0.39 is 0 Å². The summed E-state index contributed by atoms with van der Waals surface area (Å²) in [4.78, 5) is 0. The number of rotatable bonds is 3. The Balaban J connectivity index is 1.88. The first-order chi connectivity index (χ1) is 8.15. The van der Waals surface area contributed by atoms with E-state index in [-0.39, 0.29) is 6.10 Å². The van der Waals surface area contributed by atoms with Crippen molar-refractivity contribution in [3.8, 4) is 0 Å². The minimum atomic E-state index is -0.150. The van der Waals surface area contributed by atoms with Gasteiger partial charge in [-0.2, -0.15) is 0 Å². The molecule has 2 rings (SSSR count). The third kappa shape index (κ3) is 3.95. The predicted octanol–water partition coefficient (Wildman–Crippen LogP) is 4.02. The summed E-state index contributed by atoms with van der Waals surface area (Å²) in [6.07, 6.45) is 5.64. The predicted molar refractivity (Wildman–Crippen MR) is 80.0 cm³/mol. The summed E-state index contributed by atoms with van der Waals surface area (Å²) in [6.45, 7) is 2.32. The molecule has 0 aliphatic heterocycles. The fourth-order valence-corrected chi connectivity index (χ4v) is 3.06. The van der Waals surface area contributed by atoms with Crippen molar-refractivity contribution in [2.75, 3.05) is 0 Å². The van der Waals surface area contributed by atoms with Gasteiger partial charge in [0.2, 0.25) is 0 Å². The van der Waals surface area contributed by atoms with Crippen LogP contribution in [-0.2, 0) is 6.42 Å². The quantitative estimate of drug-likeness (QED) is 0.821. The van der Waals surface area contributed by atoms with Crippen LogP contribution in [0.5, 0.6) is 0 Å². The molecule has 1 fully saturated rings. The van der Waals surface area contributed by atoms with Gasteiger partial charge in [0.25, 0.3) is 0 Å². The van der Waals surface area contributed by atoms with Crippen LogP contribution in [0.4, 0.5) is 0 Å². The highest BCUT2D eigenvalue weighted by molar-refractivity contribution is 14.1. The molecule has 17 heavy (non-hydrogen) atoms. The van der Waals surface area contributed by atoms with E-state index in [9.17, 15) is 5.11 Å².